The topological polar surface area (TPSA) is 64.6 Å². The number of anilines is 1. The first kappa shape index (κ1) is 18.0. The fourth-order valence-corrected chi connectivity index (χ4v) is 1.88. The predicted octanol–water partition coefficient (Wildman–Crippen LogP) is 3.43. The number of carbonyl (C=O) groups is 2. The summed E-state index contributed by atoms with van der Waals surface area (Å²) in [7, 11) is 0. The number of halogens is 1. The zero-order valence-electron chi connectivity index (χ0n) is 12.5. The summed E-state index contributed by atoms with van der Waals surface area (Å²) < 4.78 is 10.6. The second-order valence-electron chi connectivity index (χ2n) is 4.06. The Labute approximate surface area is 138 Å². The maximum Gasteiger partial charge on any atom is 0.339 e. The quantitative estimate of drug-likeness (QED) is 0.454. The molecule has 0 unspecified atom stereocenters. The monoisotopic (exact) mass is 367 g/mol. The Morgan fingerprint density at radius 3 is 2.55 bits per heavy atom. The van der Waals surface area contributed by atoms with Crippen LogP contribution in [0.3, 0.4) is 0 Å². The van der Waals surface area contributed by atoms with Crippen LogP contribution in [0.1, 0.15) is 13.8 Å². The van der Waals surface area contributed by atoms with Crippen LogP contribution < -0.4 is 5.32 Å². The molecule has 0 aliphatic carbocycles. The van der Waals surface area contributed by atoms with E-state index < -0.39 is 11.9 Å². The number of hydrogen-bond donors (Lipinski definition) is 1. The third kappa shape index (κ3) is 6.58. The van der Waals surface area contributed by atoms with Crippen molar-refractivity contribution in [2.45, 2.75) is 13.8 Å². The molecule has 1 aromatic carbocycles. The van der Waals surface area contributed by atoms with E-state index in [9.17, 15) is 9.59 Å². The van der Waals surface area contributed by atoms with Crippen molar-refractivity contribution in [2.24, 2.45) is 0 Å². The lowest BCUT2D eigenvalue weighted by molar-refractivity contribution is -0.138. The van der Waals surface area contributed by atoms with Crippen LogP contribution in [0.15, 0.2) is 52.7 Å². The predicted molar refractivity (Wildman–Crippen MR) is 88.3 cm³/mol. The van der Waals surface area contributed by atoms with Gasteiger partial charge in [0, 0.05) is 22.4 Å². The Morgan fingerprint density at radius 2 is 1.91 bits per heavy atom. The lowest BCUT2D eigenvalue weighted by atomic mass is 10.2. The molecule has 22 heavy (non-hydrogen) atoms. The van der Waals surface area contributed by atoms with Gasteiger partial charge in [-0.25, -0.2) is 9.59 Å². The van der Waals surface area contributed by atoms with Crippen LogP contribution in [0.4, 0.5) is 5.69 Å². The zero-order valence-corrected chi connectivity index (χ0v) is 14.1. The Kier molecular flexibility index (Phi) is 7.99. The first-order valence-electron chi connectivity index (χ1n) is 6.81. The maximum atomic E-state index is 11.9. The summed E-state index contributed by atoms with van der Waals surface area (Å²) in [6.07, 6.45) is 4.03. The molecule has 0 aromatic heterocycles. The molecule has 0 saturated carbocycles. The third-order valence-corrected chi connectivity index (χ3v) is 2.91. The molecular formula is C16H18BrNO4. The standard InChI is InChI=1S/C16H18BrNO4/c1-3-21-15(19)9-8-12(16(20)22-4-2)11-18-14-7-5-6-13(17)10-14/h5-11,18H,3-4H2,1-2H3/b9-8+,12-11-. The average molecular weight is 368 g/mol. The van der Waals surface area contributed by atoms with E-state index in [1.165, 1.54) is 18.4 Å². The minimum Gasteiger partial charge on any atom is -0.463 e. The molecule has 5 nitrogen and oxygen atoms in total. The van der Waals surface area contributed by atoms with Gasteiger partial charge in [0.15, 0.2) is 0 Å². The highest BCUT2D eigenvalue weighted by Crippen LogP contribution is 2.16. The Bertz CT molecular complexity index is 581. The summed E-state index contributed by atoms with van der Waals surface area (Å²) in [4.78, 5) is 23.2. The zero-order chi connectivity index (χ0) is 16.4. The molecule has 0 aliphatic rings. The van der Waals surface area contributed by atoms with E-state index in [0.29, 0.717) is 0 Å². The molecule has 0 amide bonds. The Morgan fingerprint density at radius 1 is 1.18 bits per heavy atom. The molecule has 0 bridgehead atoms. The van der Waals surface area contributed by atoms with Crippen molar-refractivity contribution in [2.75, 3.05) is 18.5 Å². The van der Waals surface area contributed by atoms with Gasteiger partial charge in [0.05, 0.1) is 18.8 Å². The van der Waals surface area contributed by atoms with E-state index in [4.69, 9.17) is 9.47 Å². The van der Waals surface area contributed by atoms with Crippen LogP contribution in [0.25, 0.3) is 0 Å². The molecule has 1 N–H and O–H groups in total. The Balaban J connectivity index is 2.87. The molecule has 6 heteroatoms. The van der Waals surface area contributed by atoms with Gasteiger partial charge in [-0.05, 0) is 38.1 Å². The lowest BCUT2D eigenvalue weighted by Crippen LogP contribution is -2.08. The van der Waals surface area contributed by atoms with E-state index in [-0.39, 0.29) is 18.8 Å². The fraction of sp³-hybridized carbons (Fsp3) is 0.250. The summed E-state index contributed by atoms with van der Waals surface area (Å²) in [6, 6.07) is 7.45. The molecule has 0 saturated heterocycles. The van der Waals surface area contributed by atoms with Crippen molar-refractivity contribution in [3.63, 3.8) is 0 Å². The van der Waals surface area contributed by atoms with Gasteiger partial charge in [0.1, 0.15) is 0 Å². The van der Waals surface area contributed by atoms with Crippen molar-refractivity contribution in [1.29, 1.82) is 0 Å². The highest BCUT2D eigenvalue weighted by atomic mass is 79.9. The number of hydrogen-bond acceptors (Lipinski definition) is 5. The molecule has 0 radical (unpaired) electrons. The molecular weight excluding hydrogens is 350 g/mol. The van der Waals surface area contributed by atoms with E-state index in [1.807, 2.05) is 24.3 Å². The minimum atomic E-state index is -0.523. The van der Waals surface area contributed by atoms with Crippen molar-refractivity contribution in [3.05, 3.63) is 52.7 Å². The van der Waals surface area contributed by atoms with Crippen LogP contribution in [0, 0.1) is 0 Å². The van der Waals surface area contributed by atoms with Gasteiger partial charge in [-0.15, -0.1) is 0 Å². The van der Waals surface area contributed by atoms with Gasteiger partial charge < -0.3 is 14.8 Å². The summed E-state index contributed by atoms with van der Waals surface area (Å²) in [5.41, 5.74) is 1.01. The normalized spacial score (nSPS) is 11.3. The number of benzene rings is 1. The maximum absolute atomic E-state index is 11.9. The van der Waals surface area contributed by atoms with Crippen molar-refractivity contribution in [3.8, 4) is 0 Å². The van der Waals surface area contributed by atoms with E-state index in [0.717, 1.165) is 10.2 Å². The minimum absolute atomic E-state index is 0.217. The smallest absolute Gasteiger partial charge is 0.339 e. The summed E-state index contributed by atoms with van der Waals surface area (Å²) in [5.74, 6) is -1.04. The Hall–Kier alpha value is -2.08. The van der Waals surface area contributed by atoms with Crippen LogP contribution in [0.5, 0.6) is 0 Å². The molecule has 0 atom stereocenters. The lowest BCUT2D eigenvalue weighted by Gasteiger charge is -2.05. The van der Waals surface area contributed by atoms with Gasteiger partial charge in [-0.3, -0.25) is 0 Å². The van der Waals surface area contributed by atoms with Gasteiger partial charge in [-0.1, -0.05) is 22.0 Å². The molecule has 0 aliphatic heterocycles. The van der Waals surface area contributed by atoms with Gasteiger partial charge in [0.2, 0.25) is 0 Å². The van der Waals surface area contributed by atoms with Crippen molar-refractivity contribution >= 4 is 33.6 Å². The molecule has 118 valence electrons. The molecule has 0 fully saturated rings. The summed E-state index contributed by atoms with van der Waals surface area (Å²) >= 11 is 3.36. The second-order valence-corrected chi connectivity index (χ2v) is 4.98. The van der Waals surface area contributed by atoms with Crippen molar-refractivity contribution in [1.82, 2.24) is 0 Å². The fourth-order valence-electron chi connectivity index (χ4n) is 1.48. The van der Waals surface area contributed by atoms with Crippen molar-refractivity contribution < 1.29 is 19.1 Å². The second kappa shape index (κ2) is 9.78. The molecule has 1 aromatic rings. The largest absolute Gasteiger partial charge is 0.463 e. The van der Waals surface area contributed by atoms with Crippen LogP contribution in [-0.4, -0.2) is 25.2 Å². The van der Waals surface area contributed by atoms with E-state index >= 15 is 0 Å². The highest BCUT2D eigenvalue weighted by Gasteiger charge is 2.08. The van der Waals surface area contributed by atoms with E-state index in [2.05, 4.69) is 21.2 Å². The average Bonchev–Trinajstić information content (AvgIpc) is 2.47. The SMILES string of the molecule is CCOC(=O)/C=C/C(=C/Nc1cccc(Br)c1)C(=O)OCC. The molecule has 0 heterocycles. The van der Waals surface area contributed by atoms with Crippen LogP contribution in [-0.2, 0) is 19.1 Å². The third-order valence-electron chi connectivity index (χ3n) is 2.42. The van der Waals surface area contributed by atoms with E-state index in [1.54, 1.807) is 13.8 Å². The van der Waals surface area contributed by atoms with Crippen LogP contribution in [0.2, 0.25) is 0 Å². The number of nitrogens with one attached hydrogen (secondary N) is 1. The first-order chi connectivity index (χ1) is 10.6. The van der Waals surface area contributed by atoms with Gasteiger partial charge >= 0.3 is 11.9 Å². The number of rotatable bonds is 7. The van der Waals surface area contributed by atoms with Gasteiger partial charge in [0.25, 0.3) is 0 Å². The molecule has 0 spiro atoms. The summed E-state index contributed by atoms with van der Waals surface area (Å²) in [6.45, 7) is 3.95. The molecule has 1 rings (SSSR count). The highest BCUT2D eigenvalue weighted by molar-refractivity contribution is 9.10. The number of ether oxygens (including phenoxy) is 2. The summed E-state index contributed by atoms with van der Waals surface area (Å²) in [5, 5.41) is 2.98. The van der Waals surface area contributed by atoms with Crippen LogP contribution >= 0.6 is 15.9 Å². The number of carbonyl (C=O) groups excluding carboxylic acids is 2. The first-order valence-corrected chi connectivity index (χ1v) is 7.60. The number of esters is 2. The van der Waals surface area contributed by atoms with Gasteiger partial charge in [-0.2, -0.15) is 0 Å².